The van der Waals surface area contributed by atoms with E-state index in [1.165, 1.54) is 21.1 Å². The van der Waals surface area contributed by atoms with Crippen LogP contribution >= 0.6 is 0 Å². The monoisotopic (exact) mass is 866 g/mol. The molecule has 2 saturated heterocycles. The van der Waals surface area contributed by atoms with Gasteiger partial charge < -0.3 is 43.8 Å². The van der Waals surface area contributed by atoms with Crippen LogP contribution in [0.4, 0.5) is 5.69 Å². The highest BCUT2D eigenvalue weighted by atomic mass is 16.6. The van der Waals surface area contributed by atoms with Crippen molar-refractivity contribution in [1.29, 1.82) is 0 Å². The van der Waals surface area contributed by atoms with E-state index in [9.17, 15) is 19.8 Å². The second-order valence-electron chi connectivity index (χ2n) is 18.9. The van der Waals surface area contributed by atoms with Crippen molar-refractivity contribution >= 4 is 34.5 Å². The van der Waals surface area contributed by atoms with E-state index in [0.29, 0.717) is 88.2 Å². The minimum atomic E-state index is -2.41. The fourth-order valence-corrected chi connectivity index (χ4v) is 13.7. The summed E-state index contributed by atoms with van der Waals surface area (Å²) in [5.41, 5.74) is -2.23. The Morgan fingerprint density at radius 2 is 1.76 bits per heavy atom. The quantitative estimate of drug-likeness (QED) is 0.107. The molecule has 1 saturated carbocycles. The van der Waals surface area contributed by atoms with Crippen LogP contribution in [0.5, 0.6) is 5.75 Å². The van der Waals surface area contributed by atoms with Crippen LogP contribution in [0.15, 0.2) is 61.2 Å². The topological polar surface area (TPSA) is 163 Å². The molecule has 6 heterocycles. The fraction of sp³-hybridized carbons (Fsp3) is 0.571. The number of hydrogen-bond acceptors (Lipinski definition) is 13. The van der Waals surface area contributed by atoms with Crippen LogP contribution < -0.4 is 9.64 Å². The second-order valence-corrected chi connectivity index (χ2v) is 18.9. The number of benzene rings is 2. The SMILES string of the molecule is C=CCOCN1c2cc(OC)c([C@]3(C(=O)OC)C[C@H]4CN(CCc5c3[nH]c3ccccc53)C[C@](O)(CC)C4)cc2[C@]23CCN4CC=C[C@](CC)([C@H](OC(C)=O)[C@](O)(C(=O)OC)[C@H]12)[C@H]43. The standard InChI is InChI=1S/C49H62N4O10/c1-8-22-62-29-53-37-24-38(59-5)35(23-34(37)47-18-21-52-19-13-17-46(10-3,40(47)52)42(63-30(4)54)49(58,41(47)53)44(56)61-7)48(43(55)60-6)26-31-25-45(57,9-2)28-51(27-31)20-16-33-32-14-11-12-15-36(32)50-39(33)48/h8,11-15,17,23-24,31,40-42,50,57-58H,1,9-10,16,18-22,25-29H2,2-7H3/t31-,40-,41+,42-,45-,46-,47-,48+,49-/m0/s1. The summed E-state index contributed by atoms with van der Waals surface area (Å²) in [5.74, 6) is -1.75. The predicted octanol–water partition coefficient (Wildman–Crippen LogP) is 4.52. The van der Waals surface area contributed by atoms with E-state index in [4.69, 9.17) is 23.7 Å². The molecule has 1 aromatic heterocycles. The smallest absolute Gasteiger partial charge is 0.344 e. The molecule has 14 nitrogen and oxygen atoms in total. The summed E-state index contributed by atoms with van der Waals surface area (Å²) >= 11 is 0. The number of anilines is 1. The van der Waals surface area contributed by atoms with E-state index in [0.717, 1.165) is 27.7 Å². The van der Waals surface area contributed by atoms with E-state index in [1.807, 2.05) is 55.2 Å². The van der Waals surface area contributed by atoms with Crippen molar-refractivity contribution in [3.05, 3.63) is 83.6 Å². The number of hydrogen-bond donors (Lipinski definition) is 3. The number of aromatic nitrogens is 1. The Bertz CT molecular complexity index is 2360. The third kappa shape index (κ3) is 6.03. The van der Waals surface area contributed by atoms with Crippen LogP contribution in [-0.2, 0) is 50.6 Å². The zero-order valence-corrected chi connectivity index (χ0v) is 37.4. The van der Waals surface area contributed by atoms with Gasteiger partial charge in [-0.25, -0.2) is 4.79 Å². The number of aliphatic hydroxyl groups is 2. The number of aromatic amines is 1. The van der Waals surface area contributed by atoms with Gasteiger partial charge in [0.15, 0.2) is 6.10 Å². The zero-order chi connectivity index (χ0) is 44.7. The van der Waals surface area contributed by atoms with Gasteiger partial charge >= 0.3 is 17.9 Å². The number of esters is 3. The van der Waals surface area contributed by atoms with Gasteiger partial charge in [0.2, 0.25) is 5.60 Å². The number of H-pyrrole nitrogens is 1. The minimum absolute atomic E-state index is 0.0659. The van der Waals surface area contributed by atoms with Crippen molar-refractivity contribution in [2.75, 3.05) is 72.3 Å². The number of carbonyl (C=O) groups is 3. The highest BCUT2D eigenvalue weighted by Gasteiger charge is 2.81. The van der Waals surface area contributed by atoms with Crippen molar-refractivity contribution in [3.63, 3.8) is 0 Å². The lowest BCUT2D eigenvalue weighted by molar-refractivity contribution is -0.229. The molecule has 0 amide bonds. The summed E-state index contributed by atoms with van der Waals surface area (Å²) in [6.45, 7) is 12.4. The zero-order valence-electron chi connectivity index (χ0n) is 37.4. The molecule has 1 aliphatic carbocycles. The molecule has 1 unspecified atom stereocenters. The van der Waals surface area contributed by atoms with Gasteiger partial charge in [0.25, 0.3) is 0 Å². The molecule has 9 rings (SSSR count). The molecule has 2 bridgehead atoms. The Balaban J connectivity index is 1.38. The highest BCUT2D eigenvalue weighted by Crippen LogP contribution is 2.68. The first-order valence-corrected chi connectivity index (χ1v) is 22.5. The molecule has 3 aromatic rings. The van der Waals surface area contributed by atoms with Crippen molar-refractivity contribution < 1.29 is 48.3 Å². The molecule has 63 heavy (non-hydrogen) atoms. The number of nitrogens with zero attached hydrogens (tertiary/aromatic N) is 3. The Kier molecular flexibility index (Phi) is 10.9. The molecule has 3 fully saturated rings. The molecule has 6 aliphatic rings. The van der Waals surface area contributed by atoms with E-state index >= 15 is 4.79 Å². The number of para-hydroxylation sites is 1. The maximum absolute atomic E-state index is 15.5. The second kappa shape index (κ2) is 15.8. The van der Waals surface area contributed by atoms with Gasteiger partial charge in [-0.2, -0.15) is 0 Å². The average Bonchev–Trinajstić information content (AvgIpc) is 3.96. The molecular weight excluding hydrogens is 805 g/mol. The summed E-state index contributed by atoms with van der Waals surface area (Å²) in [6, 6.07) is 10.7. The van der Waals surface area contributed by atoms with Crippen LogP contribution in [0.1, 0.15) is 75.3 Å². The van der Waals surface area contributed by atoms with E-state index in [2.05, 4.69) is 33.5 Å². The lowest BCUT2D eigenvalue weighted by Gasteiger charge is -2.63. The number of ether oxygens (including phenoxy) is 5. The number of rotatable bonds is 11. The molecule has 0 radical (unpaired) electrons. The van der Waals surface area contributed by atoms with Crippen molar-refractivity contribution in [1.82, 2.24) is 14.8 Å². The normalized spacial score (nSPS) is 35.3. The lowest BCUT2D eigenvalue weighted by Crippen LogP contribution is -2.81. The number of piperidine rings is 1. The first kappa shape index (κ1) is 43.5. The summed E-state index contributed by atoms with van der Waals surface area (Å²) in [7, 11) is 4.25. The lowest BCUT2D eigenvalue weighted by atomic mass is 9.47. The first-order chi connectivity index (χ1) is 30.3. The Labute approximate surface area is 369 Å². The predicted molar refractivity (Wildman–Crippen MR) is 236 cm³/mol. The number of fused-ring (bicyclic) bond motifs is 6. The van der Waals surface area contributed by atoms with Gasteiger partial charge in [-0.05, 0) is 74.2 Å². The number of carbonyl (C=O) groups excluding carboxylic acids is 3. The van der Waals surface area contributed by atoms with E-state index < -0.39 is 57.5 Å². The summed E-state index contributed by atoms with van der Waals surface area (Å²) in [4.78, 5) is 53.7. The van der Waals surface area contributed by atoms with Gasteiger partial charge in [-0.1, -0.05) is 50.3 Å². The number of nitrogens with one attached hydrogen (secondary N) is 1. The van der Waals surface area contributed by atoms with Crippen molar-refractivity contribution in [2.24, 2.45) is 11.3 Å². The van der Waals surface area contributed by atoms with Gasteiger partial charge in [-0.3, -0.25) is 19.4 Å². The Morgan fingerprint density at radius 1 is 0.984 bits per heavy atom. The Morgan fingerprint density at radius 3 is 2.46 bits per heavy atom. The number of methoxy groups -OCH3 is 3. The Hall–Kier alpha value is -4.73. The molecule has 3 N–H and O–H groups in total. The van der Waals surface area contributed by atoms with Crippen LogP contribution in [0.2, 0.25) is 0 Å². The van der Waals surface area contributed by atoms with Crippen molar-refractivity contribution in [2.45, 2.75) is 99.5 Å². The molecule has 338 valence electrons. The minimum Gasteiger partial charge on any atom is -0.496 e. The largest absolute Gasteiger partial charge is 0.496 e. The van der Waals surface area contributed by atoms with Crippen LogP contribution in [0.3, 0.4) is 0 Å². The van der Waals surface area contributed by atoms with Crippen LogP contribution in [0.25, 0.3) is 10.9 Å². The van der Waals surface area contributed by atoms with E-state index in [1.54, 1.807) is 13.2 Å². The maximum Gasteiger partial charge on any atom is 0.344 e. The summed E-state index contributed by atoms with van der Waals surface area (Å²) in [6.07, 6.45) is 7.29. The molecule has 2 aromatic carbocycles. The highest BCUT2D eigenvalue weighted by molar-refractivity contribution is 5.95. The first-order valence-electron chi connectivity index (χ1n) is 22.5. The van der Waals surface area contributed by atoms with Gasteiger partial charge in [0.05, 0.1) is 39.6 Å². The molecule has 10 atom stereocenters. The fourth-order valence-electron chi connectivity index (χ4n) is 13.7. The van der Waals surface area contributed by atoms with Gasteiger partial charge in [0, 0.05) is 83.9 Å². The molecule has 5 aliphatic heterocycles. The third-order valence-electron chi connectivity index (χ3n) is 15.9. The van der Waals surface area contributed by atoms with Crippen LogP contribution in [-0.4, -0.2) is 140 Å². The maximum atomic E-state index is 15.5. The third-order valence-corrected chi connectivity index (χ3v) is 15.9. The molecule has 1 spiro atoms. The van der Waals surface area contributed by atoms with Gasteiger partial charge in [-0.15, -0.1) is 6.58 Å². The summed E-state index contributed by atoms with van der Waals surface area (Å²) in [5, 5.41) is 26.7. The van der Waals surface area contributed by atoms with Gasteiger partial charge in [0.1, 0.15) is 17.9 Å². The summed E-state index contributed by atoms with van der Waals surface area (Å²) < 4.78 is 30.4. The van der Waals surface area contributed by atoms with Crippen molar-refractivity contribution in [3.8, 4) is 5.75 Å². The molecule has 14 heteroatoms. The van der Waals surface area contributed by atoms with E-state index in [-0.39, 0.29) is 25.3 Å². The van der Waals surface area contributed by atoms with Crippen LogP contribution in [0, 0.1) is 11.3 Å². The average molecular weight is 867 g/mol. The molecular formula is C49H62N4O10.